The zero-order chi connectivity index (χ0) is 13.9. The van der Waals surface area contributed by atoms with E-state index in [0.717, 1.165) is 37.1 Å². The molecule has 0 bridgehead atoms. The number of hydrogen-bond acceptors (Lipinski definition) is 2. The van der Waals surface area contributed by atoms with Crippen molar-refractivity contribution in [2.45, 2.75) is 44.6 Å². The number of hydrazine groups is 1. The van der Waals surface area contributed by atoms with Gasteiger partial charge in [0.05, 0.1) is 6.04 Å². The lowest BCUT2D eigenvalue weighted by atomic mass is 9.96. The summed E-state index contributed by atoms with van der Waals surface area (Å²) in [6.07, 6.45) is 6.91. The molecule has 20 heavy (non-hydrogen) atoms. The molecule has 0 unspecified atom stereocenters. The summed E-state index contributed by atoms with van der Waals surface area (Å²) < 4.78 is 13.4. The van der Waals surface area contributed by atoms with E-state index in [9.17, 15) is 4.39 Å². The van der Waals surface area contributed by atoms with Crippen LogP contribution in [0.4, 0.5) is 10.1 Å². The van der Waals surface area contributed by atoms with Gasteiger partial charge in [-0.2, -0.15) is 0 Å². The van der Waals surface area contributed by atoms with Crippen LogP contribution in [0.25, 0.3) is 0 Å². The van der Waals surface area contributed by atoms with Gasteiger partial charge < -0.3 is 4.90 Å². The second kappa shape index (κ2) is 5.79. The molecule has 0 aromatic heterocycles. The number of nitrogens with two attached hydrogens (primary N) is 1. The lowest BCUT2D eigenvalue weighted by Crippen LogP contribution is -2.45. The first kappa shape index (κ1) is 13.4. The third-order valence-corrected chi connectivity index (χ3v) is 4.21. The van der Waals surface area contributed by atoms with Crippen LogP contribution in [0, 0.1) is 5.82 Å². The molecule has 2 aliphatic rings. The number of rotatable bonds is 1. The van der Waals surface area contributed by atoms with Crippen LogP contribution in [-0.4, -0.2) is 18.5 Å². The van der Waals surface area contributed by atoms with Crippen LogP contribution in [-0.2, 0) is 6.42 Å². The van der Waals surface area contributed by atoms with Crippen LogP contribution in [0.15, 0.2) is 23.2 Å². The van der Waals surface area contributed by atoms with E-state index in [0.29, 0.717) is 12.0 Å². The van der Waals surface area contributed by atoms with E-state index in [-0.39, 0.29) is 5.82 Å². The van der Waals surface area contributed by atoms with Crippen molar-refractivity contribution in [3.63, 3.8) is 0 Å². The quantitative estimate of drug-likeness (QED) is 0.358. The fraction of sp³-hybridized carbons (Fsp3) is 0.533. The van der Waals surface area contributed by atoms with E-state index in [4.69, 9.17) is 10.8 Å². The maximum atomic E-state index is 13.4. The van der Waals surface area contributed by atoms with Crippen molar-refractivity contribution in [1.82, 2.24) is 5.43 Å². The molecular weight excluding hydrogens is 255 g/mol. The monoisotopic (exact) mass is 276 g/mol. The molecule has 108 valence electrons. The zero-order valence-electron chi connectivity index (χ0n) is 11.6. The van der Waals surface area contributed by atoms with Crippen LogP contribution in [0.5, 0.6) is 0 Å². The molecule has 0 saturated heterocycles. The minimum Gasteiger partial charge on any atom is -0.311 e. The molecule has 1 fully saturated rings. The average molecular weight is 276 g/mol. The number of nitrogens with zero attached hydrogens (tertiary/aromatic N) is 2. The Labute approximate surface area is 118 Å². The topological polar surface area (TPSA) is 53.6 Å². The summed E-state index contributed by atoms with van der Waals surface area (Å²) in [6.45, 7) is 0.800. The van der Waals surface area contributed by atoms with Crippen molar-refractivity contribution in [2.75, 3.05) is 11.4 Å². The van der Waals surface area contributed by atoms with Gasteiger partial charge in [0.25, 0.3) is 0 Å². The van der Waals surface area contributed by atoms with Gasteiger partial charge in [-0.1, -0.05) is 25.3 Å². The van der Waals surface area contributed by atoms with E-state index in [1.807, 2.05) is 11.0 Å². The Morgan fingerprint density at radius 3 is 2.85 bits per heavy atom. The van der Waals surface area contributed by atoms with Gasteiger partial charge in [0, 0.05) is 12.2 Å². The SMILES string of the molecule is NNC(=NC1CCCCC1)N1CCc2ccc(F)cc21. The molecule has 0 amide bonds. The molecule has 4 nitrogen and oxygen atoms in total. The molecule has 1 heterocycles. The highest BCUT2D eigenvalue weighted by molar-refractivity contribution is 5.97. The molecule has 5 heteroatoms. The Morgan fingerprint density at radius 2 is 2.10 bits per heavy atom. The van der Waals surface area contributed by atoms with Gasteiger partial charge in [0.1, 0.15) is 5.82 Å². The number of anilines is 1. The first-order valence-corrected chi connectivity index (χ1v) is 7.38. The van der Waals surface area contributed by atoms with Gasteiger partial charge in [-0.25, -0.2) is 15.2 Å². The van der Waals surface area contributed by atoms with E-state index < -0.39 is 0 Å². The highest BCUT2D eigenvalue weighted by atomic mass is 19.1. The molecule has 0 atom stereocenters. The number of halogens is 1. The minimum absolute atomic E-state index is 0.218. The summed E-state index contributed by atoms with van der Waals surface area (Å²) in [5.41, 5.74) is 4.74. The Kier molecular flexibility index (Phi) is 3.87. The van der Waals surface area contributed by atoms with Crippen molar-refractivity contribution < 1.29 is 4.39 Å². The minimum atomic E-state index is -0.218. The Balaban J connectivity index is 1.84. The average Bonchev–Trinajstić information content (AvgIpc) is 2.89. The van der Waals surface area contributed by atoms with Crippen molar-refractivity contribution in [2.24, 2.45) is 10.8 Å². The van der Waals surface area contributed by atoms with Crippen LogP contribution >= 0.6 is 0 Å². The molecule has 1 aliphatic carbocycles. The predicted molar refractivity (Wildman–Crippen MR) is 79.1 cm³/mol. The highest BCUT2D eigenvalue weighted by Crippen LogP contribution is 2.29. The third kappa shape index (κ3) is 2.63. The maximum absolute atomic E-state index is 13.4. The largest absolute Gasteiger partial charge is 0.311 e. The fourth-order valence-corrected chi connectivity index (χ4v) is 3.14. The van der Waals surface area contributed by atoms with Crippen molar-refractivity contribution in [3.8, 4) is 0 Å². The van der Waals surface area contributed by atoms with Gasteiger partial charge in [-0.05, 0) is 37.0 Å². The normalized spacial score (nSPS) is 20.1. The molecule has 1 aromatic carbocycles. The van der Waals surface area contributed by atoms with E-state index in [1.165, 1.54) is 25.3 Å². The summed E-state index contributed by atoms with van der Waals surface area (Å²) in [7, 11) is 0. The molecule has 1 aliphatic heterocycles. The third-order valence-electron chi connectivity index (χ3n) is 4.21. The zero-order valence-corrected chi connectivity index (χ0v) is 11.6. The molecule has 1 saturated carbocycles. The number of guanidine groups is 1. The number of hydrogen-bond donors (Lipinski definition) is 2. The number of aliphatic imine (C=N–C) groups is 1. The summed E-state index contributed by atoms with van der Waals surface area (Å²) in [5, 5.41) is 0. The van der Waals surface area contributed by atoms with Crippen molar-refractivity contribution in [3.05, 3.63) is 29.6 Å². The van der Waals surface area contributed by atoms with Crippen LogP contribution in [0.3, 0.4) is 0 Å². The number of nitrogens with one attached hydrogen (secondary N) is 1. The lowest BCUT2D eigenvalue weighted by Gasteiger charge is -2.24. The molecule has 3 N–H and O–H groups in total. The predicted octanol–water partition coefficient (Wildman–Crippen LogP) is 2.34. The maximum Gasteiger partial charge on any atom is 0.213 e. The van der Waals surface area contributed by atoms with Crippen LogP contribution in [0.2, 0.25) is 0 Å². The number of fused-ring (bicyclic) bond motifs is 1. The van der Waals surface area contributed by atoms with Crippen molar-refractivity contribution in [1.29, 1.82) is 0 Å². The van der Waals surface area contributed by atoms with Gasteiger partial charge in [-0.15, -0.1) is 0 Å². The summed E-state index contributed by atoms with van der Waals surface area (Å²) in [6, 6.07) is 5.26. The summed E-state index contributed by atoms with van der Waals surface area (Å²) in [5.74, 6) is 6.10. The van der Waals surface area contributed by atoms with Gasteiger partial charge in [0.15, 0.2) is 0 Å². The van der Waals surface area contributed by atoms with Gasteiger partial charge in [0.2, 0.25) is 5.96 Å². The van der Waals surface area contributed by atoms with E-state index in [1.54, 1.807) is 6.07 Å². The standard InChI is InChI=1S/C15H21FN4/c16-12-7-6-11-8-9-20(14(11)10-12)15(19-17)18-13-4-2-1-3-5-13/h6-7,10,13H,1-5,8-9,17H2,(H,18,19). The highest BCUT2D eigenvalue weighted by Gasteiger charge is 2.24. The molecular formula is C15H21FN4. The number of benzene rings is 1. The van der Waals surface area contributed by atoms with Crippen LogP contribution in [0.1, 0.15) is 37.7 Å². The van der Waals surface area contributed by atoms with E-state index in [2.05, 4.69) is 5.43 Å². The second-order valence-corrected chi connectivity index (χ2v) is 5.56. The Morgan fingerprint density at radius 1 is 1.30 bits per heavy atom. The fourth-order valence-electron chi connectivity index (χ4n) is 3.14. The smallest absolute Gasteiger partial charge is 0.213 e. The molecule has 0 radical (unpaired) electrons. The first-order chi connectivity index (χ1) is 9.78. The van der Waals surface area contributed by atoms with Gasteiger partial charge >= 0.3 is 0 Å². The molecule has 0 spiro atoms. The Bertz CT molecular complexity index is 509. The second-order valence-electron chi connectivity index (χ2n) is 5.56. The molecule has 1 aromatic rings. The lowest BCUT2D eigenvalue weighted by molar-refractivity contribution is 0.442. The van der Waals surface area contributed by atoms with Crippen molar-refractivity contribution >= 4 is 11.6 Å². The first-order valence-electron chi connectivity index (χ1n) is 7.38. The van der Waals surface area contributed by atoms with Gasteiger partial charge in [-0.3, -0.25) is 5.43 Å². The van der Waals surface area contributed by atoms with E-state index >= 15 is 0 Å². The molecule has 3 rings (SSSR count). The van der Waals surface area contributed by atoms with Crippen LogP contribution < -0.4 is 16.2 Å². The summed E-state index contributed by atoms with van der Waals surface area (Å²) >= 11 is 0. The summed E-state index contributed by atoms with van der Waals surface area (Å²) in [4.78, 5) is 6.74. The Hall–Kier alpha value is -1.62.